The minimum absolute atomic E-state index is 0.0650. The van der Waals surface area contributed by atoms with E-state index in [-0.39, 0.29) is 29.9 Å². The molecule has 1 aromatic carbocycles. The number of nitrogens with one attached hydrogen (secondary N) is 1. The fourth-order valence-electron chi connectivity index (χ4n) is 3.57. The zero-order valence-corrected chi connectivity index (χ0v) is 15.1. The first-order chi connectivity index (χ1) is 13.1. The lowest BCUT2D eigenvalue weighted by Crippen LogP contribution is -2.42. The quantitative estimate of drug-likeness (QED) is 0.755. The molecule has 0 unspecified atom stereocenters. The molecule has 1 saturated heterocycles. The number of aryl methyl sites for hydroxylation is 1. The summed E-state index contributed by atoms with van der Waals surface area (Å²) in [6.45, 7) is 3.04. The van der Waals surface area contributed by atoms with Crippen molar-refractivity contribution >= 4 is 22.3 Å². The molecule has 4 rings (SSSR count). The lowest BCUT2D eigenvalue weighted by Gasteiger charge is -2.23. The fourth-order valence-corrected chi connectivity index (χ4v) is 3.57. The van der Waals surface area contributed by atoms with Crippen LogP contribution in [0.15, 0.2) is 29.1 Å². The van der Waals surface area contributed by atoms with Gasteiger partial charge in [-0.05, 0) is 37.1 Å². The molecule has 1 aliphatic heterocycles. The summed E-state index contributed by atoms with van der Waals surface area (Å²) in [7, 11) is 0. The largest absolute Gasteiger partial charge is 0.381 e. The lowest BCUT2D eigenvalue weighted by molar-refractivity contribution is -0.123. The molecule has 0 bridgehead atoms. The van der Waals surface area contributed by atoms with Gasteiger partial charge in [-0.25, -0.2) is 9.07 Å². The van der Waals surface area contributed by atoms with Crippen LogP contribution in [0.2, 0.25) is 0 Å². The van der Waals surface area contributed by atoms with Gasteiger partial charge in [-0.1, -0.05) is 6.92 Å². The number of halogens is 1. The van der Waals surface area contributed by atoms with Crippen molar-refractivity contribution in [3.8, 4) is 0 Å². The zero-order valence-electron chi connectivity index (χ0n) is 15.1. The van der Waals surface area contributed by atoms with Crippen LogP contribution in [0.1, 0.15) is 25.6 Å². The molecule has 1 fully saturated rings. The molecule has 3 heterocycles. The highest BCUT2D eigenvalue weighted by atomic mass is 19.1. The predicted molar refractivity (Wildman–Crippen MR) is 98.3 cm³/mol. The van der Waals surface area contributed by atoms with Gasteiger partial charge in [0.2, 0.25) is 5.91 Å². The molecule has 0 atom stereocenters. The van der Waals surface area contributed by atoms with Gasteiger partial charge in [-0.3, -0.25) is 14.0 Å². The Labute approximate surface area is 154 Å². The Morgan fingerprint density at radius 2 is 2.07 bits per heavy atom. The van der Waals surface area contributed by atoms with E-state index in [0.717, 1.165) is 18.4 Å². The maximum atomic E-state index is 13.6. The second-order valence-corrected chi connectivity index (χ2v) is 6.75. The molecular weight excluding hydrogens is 351 g/mol. The van der Waals surface area contributed by atoms with Crippen LogP contribution in [0.5, 0.6) is 0 Å². The molecule has 1 aliphatic rings. The van der Waals surface area contributed by atoms with Crippen LogP contribution in [0.25, 0.3) is 16.4 Å². The minimum Gasteiger partial charge on any atom is -0.381 e. The summed E-state index contributed by atoms with van der Waals surface area (Å²) >= 11 is 0. The molecule has 0 radical (unpaired) electrons. The molecule has 0 saturated carbocycles. The van der Waals surface area contributed by atoms with Gasteiger partial charge in [0.1, 0.15) is 23.7 Å². The van der Waals surface area contributed by atoms with Crippen molar-refractivity contribution in [2.45, 2.75) is 38.8 Å². The second kappa shape index (κ2) is 7.11. The number of fused-ring (bicyclic) bond motifs is 3. The van der Waals surface area contributed by atoms with E-state index in [9.17, 15) is 14.0 Å². The molecular formula is C19H21FN4O3. The summed E-state index contributed by atoms with van der Waals surface area (Å²) in [5.74, 6) is 0.0377. The third kappa shape index (κ3) is 3.32. The number of carbonyl (C=O) groups excluding carboxylic acids is 1. The molecule has 1 amide bonds. The van der Waals surface area contributed by atoms with E-state index < -0.39 is 0 Å². The number of benzene rings is 1. The highest BCUT2D eigenvalue weighted by Crippen LogP contribution is 2.20. The number of aromatic nitrogens is 3. The molecule has 27 heavy (non-hydrogen) atoms. The SMILES string of the molecule is CCc1nn(CC(=O)NC2CCOCC2)c(=O)c2cc3cc(F)ccc3n12. The first-order valence-electron chi connectivity index (χ1n) is 9.14. The average Bonchev–Trinajstić information content (AvgIpc) is 3.03. The molecule has 2 aromatic heterocycles. The summed E-state index contributed by atoms with van der Waals surface area (Å²) < 4.78 is 21.8. The van der Waals surface area contributed by atoms with Gasteiger partial charge < -0.3 is 10.1 Å². The molecule has 3 aromatic rings. The van der Waals surface area contributed by atoms with Crippen LogP contribution < -0.4 is 10.9 Å². The van der Waals surface area contributed by atoms with Crippen LogP contribution in [0.3, 0.4) is 0 Å². The van der Waals surface area contributed by atoms with E-state index >= 15 is 0 Å². The Kier molecular flexibility index (Phi) is 4.65. The highest BCUT2D eigenvalue weighted by Gasteiger charge is 2.19. The summed E-state index contributed by atoms with van der Waals surface area (Å²) in [5, 5.41) is 7.96. The first kappa shape index (κ1) is 17.7. The summed E-state index contributed by atoms with van der Waals surface area (Å²) in [4.78, 5) is 25.2. The van der Waals surface area contributed by atoms with Gasteiger partial charge in [0.25, 0.3) is 5.56 Å². The minimum atomic E-state index is -0.370. The number of rotatable bonds is 4. The molecule has 0 spiro atoms. The Bertz CT molecular complexity index is 1070. The molecule has 0 aliphatic carbocycles. The highest BCUT2D eigenvalue weighted by molar-refractivity contribution is 5.87. The third-order valence-corrected chi connectivity index (χ3v) is 4.91. The van der Waals surface area contributed by atoms with E-state index in [0.29, 0.717) is 36.4 Å². The maximum absolute atomic E-state index is 13.6. The predicted octanol–water partition coefficient (Wildman–Crippen LogP) is 1.65. The normalized spacial score (nSPS) is 15.5. The fraction of sp³-hybridized carbons (Fsp3) is 0.421. The van der Waals surface area contributed by atoms with Gasteiger partial charge in [0, 0.05) is 31.1 Å². The van der Waals surface area contributed by atoms with Crippen molar-refractivity contribution in [2.24, 2.45) is 0 Å². The van der Waals surface area contributed by atoms with Crippen LogP contribution in [-0.4, -0.2) is 39.3 Å². The summed E-state index contributed by atoms with van der Waals surface area (Å²) in [6, 6.07) is 6.11. The number of carbonyl (C=O) groups is 1. The lowest BCUT2D eigenvalue weighted by atomic mass is 10.1. The number of hydrogen-bond donors (Lipinski definition) is 1. The monoisotopic (exact) mass is 372 g/mol. The van der Waals surface area contributed by atoms with Gasteiger partial charge in [0.05, 0.1) is 5.52 Å². The second-order valence-electron chi connectivity index (χ2n) is 6.75. The standard InChI is InChI=1S/C19H21FN4O3/c1-2-17-22-23(11-18(25)21-14-5-7-27-8-6-14)19(26)16-10-12-9-13(20)3-4-15(12)24(16)17/h3-4,9-10,14H,2,5-8,11H2,1H3,(H,21,25). The zero-order chi connectivity index (χ0) is 19.0. The van der Waals surface area contributed by atoms with Crippen molar-refractivity contribution in [3.05, 3.63) is 46.3 Å². The van der Waals surface area contributed by atoms with Crippen LogP contribution in [0.4, 0.5) is 4.39 Å². The Morgan fingerprint density at radius 1 is 1.30 bits per heavy atom. The van der Waals surface area contributed by atoms with Crippen molar-refractivity contribution in [1.82, 2.24) is 19.5 Å². The molecule has 7 nitrogen and oxygen atoms in total. The third-order valence-electron chi connectivity index (χ3n) is 4.91. The summed E-state index contributed by atoms with van der Waals surface area (Å²) in [6.07, 6.45) is 2.10. The number of hydrogen-bond acceptors (Lipinski definition) is 4. The van der Waals surface area contributed by atoms with Crippen LogP contribution in [-0.2, 0) is 22.5 Å². The Hall–Kier alpha value is -2.74. The average molecular weight is 372 g/mol. The maximum Gasteiger partial charge on any atom is 0.291 e. The van der Waals surface area contributed by atoms with E-state index in [1.54, 1.807) is 16.5 Å². The van der Waals surface area contributed by atoms with E-state index in [4.69, 9.17) is 4.74 Å². The smallest absolute Gasteiger partial charge is 0.291 e. The van der Waals surface area contributed by atoms with E-state index in [1.807, 2.05) is 6.92 Å². The number of amides is 1. The van der Waals surface area contributed by atoms with Gasteiger partial charge in [0.15, 0.2) is 0 Å². The topological polar surface area (TPSA) is 77.6 Å². The van der Waals surface area contributed by atoms with Crippen molar-refractivity contribution in [3.63, 3.8) is 0 Å². The van der Waals surface area contributed by atoms with Crippen molar-refractivity contribution in [1.29, 1.82) is 0 Å². The molecule has 1 N–H and O–H groups in total. The van der Waals surface area contributed by atoms with E-state index in [2.05, 4.69) is 10.4 Å². The molecule has 8 heteroatoms. The Morgan fingerprint density at radius 3 is 2.81 bits per heavy atom. The van der Waals surface area contributed by atoms with E-state index in [1.165, 1.54) is 16.8 Å². The van der Waals surface area contributed by atoms with Crippen molar-refractivity contribution in [2.75, 3.05) is 13.2 Å². The van der Waals surface area contributed by atoms with Crippen molar-refractivity contribution < 1.29 is 13.9 Å². The number of nitrogens with zero attached hydrogens (tertiary/aromatic N) is 3. The Balaban J connectivity index is 1.71. The number of ether oxygens (including phenoxy) is 1. The van der Waals surface area contributed by atoms with Crippen LogP contribution in [0, 0.1) is 5.82 Å². The van der Waals surface area contributed by atoms with Crippen LogP contribution >= 0.6 is 0 Å². The van der Waals surface area contributed by atoms with Gasteiger partial charge in [-0.15, -0.1) is 0 Å². The molecule has 142 valence electrons. The first-order valence-corrected chi connectivity index (χ1v) is 9.14. The van der Waals surface area contributed by atoms with Gasteiger partial charge in [-0.2, -0.15) is 5.10 Å². The van der Waals surface area contributed by atoms with Gasteiger partial charge >= 0.3 is 0 Å². The summed E-state index contributed by atoms with van der Waals surface area (Å²) in [5.41, 5.74) is 0.749.